The Hall–Kier alpha value is -3.90. The minimum absolute atomic E-state index is 0.00547. The Kier molecular flexibility index (Phi) is 5.57. The molecule has 1 saturated carbocycles. The van der Waals surface area contributed by atoms with Gasteiger partial charge in [0.1, 0.15) is 22.6 Å². The van der Waals surface area contributed by atoms with E-state index in [4.69, 9.17) is 0 Å². The number of nitrogens with zero attached hydrogens (tertiary/aromatic N) is 4. The van der Waals surface area contributed by atoms with E-state index in [1.54, 1.807) is 6.92 Å². The maximum absolute atomic E-state index is 13.6. The van der Waals surface area contributed by atoms with E-state index in [0.717, 1.165) is 11.0 Å². The Morgan fingerprint density at radius 1 is 1.00 bits per heavy atom. The second-order valence-electron chi connectivity index (χ2n) is 9.26. The number of benzene rings is 1. The molecule has 0 radical (unpaired) electrons. The highest BCUT2D eigenvalue weighted by atomic mass is 19.4. The number of hydrogen-bond donors (Lipinski definition) is 1. The third kappa shape index (κ3) is 4.31. The summed E-state index contributed by atoms with van der Waals surface area (Å²) in [6.07, 6.45) is -6.14. The zero-order valence-electron chi connectivity index (χ0n) is 19.4. The average Bonchev–Trinajstić information content (AvgIpc) is 3.28. The van der Waals surface area contributed by atoms with Gasteiger partial charge in [0.25, 0.3) is 5.91 Å². The summed E-state index contributed by atoms with van der Waals surface area (Å²) in [5.41, 5.74) is -1.69. The van der Waals surface area contributed by atoms with Crippen LogP contribution in [0.2, 0.25) is 0 Å². The molecule has 3 amide bonds. The Morgan fingerprint density at radius 3 is 2.27 bits per heavy atom. The number of urea groups is 1. The van der Waals surface area contributed by atoms with E-state index in [1.807, 2.05) is 0 Å². The van der Waals surface area contributed by atoms with Crippen molar-refractivity contribution in [3.05, 3.63) is 53.5 Å². The molecular formula is C24H20F5N5O3. The first-order chi connectivity index (χ1) is 17.3. The van der Waals surface area contributed by atoms with Crippen LogP contribution >= 0.6 is 0 Å². The molecule has 2 aromatic heterocycles. The molecule has 1 aromatic carbocycles. The molecule has 1 aliphatic heterocycles. The Morgan fingerprint density at radius 2 is 1.65 bits per heavy atom. The largest absolute Gasteiger partial charge is 0.433 e. The summed E-state index contributed by atoms with van der Waals surface area (Å²) in [6.45, 7) is 1.02. The van der Waals surface area contributed by atoms with Gasteiger partial charge in [0.15, 0.2) is 11.4 Å². The third-order valence-corrected chi connectivity index (χ3v) is 6.79. The smallest absolute Gasteiger partial charge is 0.323 e. The fourth-order valence-corrected chi connectivity index (χ4v) is 4.77. The van der Waals surface area contributed by atoms with Gasteiger partial charge in [-0.05, 0) is 56.2 Å². The number of amides is 3. The molecule has 37 heavy (non-hydrogen) atoms. The van der Waals surface area contributed by atoms with Gasteiger partial charge in [-0.2, -0.15) is 13.2 Å². The van der Waals surface area contributed by atoms with Crippen LogP contribution in [0, 0.1) is 6.92 Å². The van der Waals surface area contributed by atoms with Crippen LogP contribution in [0.1, 0.15) is 47.6 Å². The molecule has 2 fully saturated rings. The molecule has 3 heterocycles. The van der Waals surface area contributed by atoms with Crippen LogP contribution < -0.4 is 5.32 Å². The van der Waals surface area contributed by atoms with Crippen LogP contribution in [0.4, 0.5) is 26.7 Å². The lowest BCUT2D eigenvalue weighted by Crippen LogP contribution is -2.51. The second-order valence-corrected chi connectivity index (χ2v) is 9.26. The lowest BCUT2D eigenvalue weighted by Gasteiger charge is -2.34. The van der Waals surface area contributed by atoms with E-state index >= 15 is 0 Å². The number of carbonyl (C=O) groups excluding carboxylic acids is 3. The fourth-order valence-electron chi connectivity index (χ4n) is 4.77. The number of carbonyl (C=O) groups is 3. The van der Waals surface area contributed by atoms with Gasteiger partial charge in [0, 0.05) is 24.1 Å². The second kappa shape index (κ2) is 8.32. The van der Waals surface area contributed by atoms with Gasteiger partial charge in [-0.3, -0.25) is 19.1 Å². The van der Waals surface area contributed by atoms with Gasteiger partial charge in [-0.25, -0.2) is 23.5 Å². The molecular weight excluding hydrogens is 501 g/mol. The van der Waals surface area contributed by atoms with Crippen molar-refractivity contribution in [3.8, 4) is 5.69 Å². The number of aryl methyl sites for hydroxylation is 1. The van der Waals surface area contributed by atoms with Crippen molar-refractivity contribution in [2.24, 2.45) is 0 Å². The highest BCUT2D eigenvalue weighted by molar-refractivity contribution is 6.11. The Balaban J connectivity index is 1.36. The number of hydrogen-bond acceptors (Lipinski definition) is 5. The van der Waals surface area contributed by atoms with Crippen molar-refractivity contribution >= 4 is 28.9 Å². The zero-order valence-corrected chi connectivity index (χ0v) is 19.4. The fraction of sp³-hybridized carbons (Fsp3) is 0.375. The van der Waals surface area contributed by atoms with Gasteiger partial charge >= 0.3 is 12.2 Å². The predicted octanol–water partition coefficient (Wildman–Crippen LogP) is 4.43. The van der Waals surface area contributed by atoms with Crippen molar-refractivity contribution in [2.45, 2.75) is 50.2 Å². The van der Waals surface area contributed by atoms with Crippen LogP contribution in [0.5, 0.6) is 0 Å². The molecule has 13 heteroatoms. The number of aromatic nitrogens is 3. The van der Waals surface area contributed by atoms with Crippen LogP contribution in [0.25, 0.3) is 16.9 Å². The maximum Gasteiger partial charge on any atom is 0.433 e. The van der Waals surface area contributed by atoms with E-state index in [9.17, 15) is 36.3 Å². The Bertz CT molecular complexity index is 1420. The number of rotatable bonds is 4. The highest BCUT2D eigenvalue weighted by Gasteiger charge is 2.55. The molecule has 194 valence electrons. The van der Waals surface area contributed by atoms with Gasteiger partial charge < -0.3 is 5.32 Å². The summed E-state index contributed by atoms with van der Waals surface area (Å²) < 4.78 is 68.0. The molecule has 5 rings (SSSR count). The molecule has 2 aliphatic rings. The molecule has 8 nitrogen and oxygen atoms in total. The topological polar surface area (TPSA) is 97.2 Å². The normalized spacial score (nSPS) is 19.0. The molecule has 0 bridgehead atoms. The zero-order chi connectivity index (χ0) is 26.8. The van der Waals surface area contributed by atoms with Crippen molar-refractivity contribution < 1.29 is 36.3 Å². The summed E-state index contributed by atoms with van der Waals surface area (Å²) >= 11 is 0. The maximum atomic E-state index is 13.6. The van der Waals surface area contributed by atoms with Gasteiger partial charge in [-0.15, -0.1) is 0 Å². The van der Waals surface area contributed by atoms with Crippen LogP contribution in [-0.2, 0) is 11.0 Å². The van der Waals surface area contributed by atoms with Crippen molar-refractivity contribution in [2.75, 3.05) is 6.54 Å². The minimum Gasteiger partial charge on any atom is -0.323 e. The number of nitrogens with one attached hydrogen (secondary N) is 1. The number of fused-ring (bicyclic) bond motifs is 1. The standard InChI is InChI=1S/C24H20F5N5O3/c1-13-30-16-6-7-18(24(27,28)29)31-19(16)34(13)15-4-2-14(3-5-15)17(35)12-33-20(36)22(32-21(33)37)8-10-23(25,26)11-9-22/h2-7H,8-12H2,1H3,(H,32,37). The first kappa shape index (κ1) is 24.8. The highest BCUT2D eigenvalue weighted by Crippen LogP contribution is 2.41. The first-order valence-corrected chi connectivity index (χ1v) is 11.4. The molecule has 1 aliphatic carbocycles. The number of Topliss-reactive ketones (excluding diaryl/α,β-unsaturated/α-hetero) is 1. The van der Waals surface area contributed by atoms with E-state index in [0.29, 0.717) is 11.5 Å². The molecule has 1 spiro atoms. The van der Waals surface area contributed by atoms with E-state index in [1.165, 1.54) is 34.9 Å². The van der Waals surface area contributed by atoms with Gasteiger partial charge in [-0.1, -0.05) is 0 Å². The number of ketones is 1. The van der Waals surface area contributed by atoms with Crippen LogP contribution in [-0.4, -0.2) is 55.2 Å². The number of halogens is 5. The first-order valence-electron chi connectivity index (χ1n) is 11.4. The summed E-state index contributed by atoms with van der Waals surface area (Å²) in [7, 11) is 0. The summed E-state index contributed by atoms with van der Waals surface area (Å²) in [4.78, 5) is 46.8. The van der Waals surface area contributed by atoms with Gasteiger partial charge in [0.05, 0.1) is 6.54 Å². The van der Waals surface area contributed by atoms with Gasteiger partial charge in [0.2, 0.25) is 5.92 Å². The van der Waals surface area contributed by atoms with Crippen molar-refractivity contribution in [1.82, 2.24) is 24.8 Å². The number of imidazole rings is 1. The van der Waals surface area contributed by atoms with E-state index in [2.05, 4.69) is 15.3 Å². The van der Waals surface area contributed by atoms with E-state index in [-0.39, 0.29) is 29.6 Å². The van der Waals surface area contributed by atoms with Crippen LogP contribution in [0.3, 0.4) is 0 Å². The number of imide groups is 1. The lowest BCUT2D eigenvalue weighted by atomic mass is 9.80. The monoisotopic (exact) mass is 521 g/mol. The molecule has 3 aromatic rings. The van der Waals surface area contributed by atoms with E-state index < -0.39 is 60.4 Å². The number of alkyl halides is 5. The third-order valence-electron chi connectivity index (χ3n) is 6.79. The average molecular weight is 521 g/mol. The summed E-state index contributed by atoms with van der Waals surface area (Å²) in [5.74, 6) is -3.80. The molecule has 1 N–H and O–H groups in total. The van der Waals surface area contributed by atoms with Crippen LogP contribution in [0.15, 0.2) is 36.4 Å². The van der Waals surface area contributed by atoms with Crippen molar-refractivity contribution in [3.63, 3.8) is 0 Å². The Labute approximate surface area is 206 Å². The minimum atomic E-state index is -4.64. The quantitative estimate of drug-likeness (QED) is 0.311. The SMILES string of the molecule is Cc1nc2ccc(C(F)(F)F)nc2n1-c1ccc(C(=O)CN2C(=O)NC3(CCC(F)(F)CC3)C2=O)cc1. The molecule has 0 unspecified atom stereocenters. The summed E-state index contributed by atoms with van der Waals surface area (Å²) in [6, 6.07) is 7.05. The summed E-state index contributed by atoms with van der Waals surface area (Å²) in [5, 5.41) is 2.48. The number of pyridine rings is 1. The predicted molar refractivity (Wildman–Crippen MR) is 119 cm³/mol. The lowest BCUT2D eigenvalue weighted by molar-refractivity contribution is -0.141. The molecule has 1 saturated heterocycles. The molecule has 0 atom stereocenters. The van der Waals surface area contributed by atoms with Crippen molar-refractivity contribution in [1.29, 1.82) is 0 Å².